The maximum Gasteiger partial charge on any atom is 0.326 e. The Morgan fingerprint density at radius 3 is 2.45 bits per heavy atom. The molecule has 2 rings (SSSR count). The average molecular weight is 364 g/mol. The Morgan fingerprint density at radius 1 is 1.14 bits per heavy atom. The molecule has 0 heterocycles. The van der Waals surface area contributed by atoms with Gasteiger partial charge in [0.15, 0.2) is 0 Å². The van der Waals surface area contributed by atoms with Gasteiger partial charge in [0.1, 0.15) is 11.8 Å². The summed E-state index contributed by atoms with van der Waals surface area (Å²) < 4.78 is 0.616. The van der Waals surface area contributed by atoms with Crippen molar-refractivity contribution in [1.82, 2.24) is 5.32 Å². The van der Waals surface area contributed by atoms with Gasteiger partial charge >= 0.3 is 5.97 Å². The number of nitrogens with one attached hydrogen (secondary N) is 1. The lowest BCUT2D eigenvalue weighted by molar-refractivity contribution is -0.139. The highest BCUT2D eigenvalue weighted by molar-refractivity contribution is 9.10. The van der Waals surface area contributed by atoms with Crippen molar-refractivity contribution in [2.45, 2.75) is 12.5 Å². The van der Waals surface area contributed by atoms with Crippen LogP contribution in [0.15, 0.2) is 53.0 Å². The Kier molecular flexibility index (Phi) is 5.16. The fourth-order valence-electron chi connectivity index (χ4n) is 1.98. The van der Waals surface area contributed by atoms with E-state index >= 15 is 0 Å². The summed E-state index contributed by atoms with van der Waals surface area (Å²) in [6, 6.07) is 12.3. The smallest absolute Gasteiger partial charge is 0.326 e. The molecule has 0 aliphatic rings. The third-order valence-electron chi connectivity index (χ3n) is 3.09. The van der Waals surface area contributed by atoms with Gasteiger partial charge in [-0.3, -0.25) is 4.79 Å². The van der Waals surface area contributed by atoms with Crippen LogP contribution in [0.3, 0.4) is 0 Å². The van der Waals surface area contributed by atoms with Crippen molar-refractivity contribution in [3.05, 3.63) is 64.1 Å². The van der Waals surface area contributed by atoms with Crippen LogP contribution >= 0.6 is 15.9 Å². The van der Waals surface area contributed by atoms with Gasteiger partial charge in [-0.1, -0.05) is 46.3 Å². The van der Waals surface area contributed by atoms with Crippen LogP contribution in [-0.2, 0) is 11.2 Å². The lowest BCUT2D eigenvalue weighted by atomic mass is 10.1. The number of carboxylic acid groups (broad SMARTS) is 1. The highest BCUT2D eigenvalue weighted by Gasteiger charge is 2.22. The molecule has 0 aromatic heterocycles. The zero-order valence-electron chi connectivity index (χ0n) is 11.5. The molecule has 2 aromatic rings. The van der Waals surface area contributed by atoms with Crippen molar-refractivity contribution in [3.63, 3.8) is 0 Å². The molecule has 0 aliphatic carbocycles. The third kappa shape index (κ3) is 4.08. The summed E-state index contributed by atoms with van der Waals surface area (Å²) in [4.78, 5) is 23.5. The summed E-state index contributed by atoms with van der Waals surface area (Å²) in [6.45, 7) is 0. The van der Waals surface area contributed by atoms with E-state index in [1.807, 2.05) is 6.07 Å². The van der Waals surface area contributed by atoms with E-state index in [-0.39, 0.29) is 17.7 Å². The molecule has 3 N–H and O–H groups in total. The molecule has 114 valence electrons. The van der Waals surface area contributed by atoms with Gasteiger partial charge in [0.05, 0.1) is 5.56 Å². The number of rotatable bonds is 5. The summed E-state index contributed by atoms with van der Waals surface area (Å²) >= 11 is 3.21. The van der Waals surface area contributed by atoms with Crippen LogP contribution in [0.2, 0.25) is 0 Å². The molecular formula is C16H14BrNO4. The van der Waals surface area contributed by atoms with E-state index < -0.39 is 17.9 Å². The van der Waals surface area contributed by atoms with Gasteiger partial charge in [-0.15, -0.1) is 0 Å². The number of carbonyl (C=O) groups excluding carboxylic acids is 1. The van der Waals surface area contributed by atoms with Crippen molar-refractivity contribution >= 4 is 27.8 Å². The SMILES string of the molecule is O=C(N[C@@H](Cc1ccccc1)C(=O)O)c1cc(Br)ccc1O. The Bertz CT molecular complexity index is 688. The summed E-state index contributed by atoms with van der Waals surface area (Å²) in [6.07, 6.45) is 0.163. The summed E-state index contributed by atoms with van der Waals surface area (Å²) in [5.41, 5.74) is 0.822. The molecule has 22 heavy (non-hydrogen) atoms. The summed E-state index contributed by atoms with van der Waals surface area (Å²) in [7, 11) is 0. The van der Waals surface area contributed by atoms with E-state index in [0.29, 0.717) is 4.47 Å². The van der Waals surface area contributed by atoms with Crippen molar-refractivity contribution in [3.8, 4) is 5.75 Å². The standard InChI is InChI=1S/C16H14BrNO4/c17-11-6-7-14(19)12(9-11)15(20)18-13(16(21)22)8-10-4-2-1-3-5-10/h1-7,9,13,19H,8H2,(H,18,20)(H,21,22)/t13-/m0/s1. The van der Waals surface area contributed by atoms with E-state index in [1.165, 1.54) is 12.1 Å². The minimum atomic E-state index is -1.13. The first kappa shape index (κ1) is 16.0. The Labute approximate surface area is 135 Å². The van der Waals surface area contributed by atoms with E-state index in [2.05, 4.69) is 21.2 Å². The predicted octanol–water partition coefficient (Wildman–Crippen LogP) is 2.58. The first-order valence-corrected chi connectivity index (χ1v) is 7.33. The van der Waals surface area contributed by atoms with Crippen LogP contribution in [0.1, 0.15) is 15.9 Å². The molecule has 0 fully saturated rings. The number of phenolic OH excluding ortho intramolecular Hbond substituents is 1. The van der Waals surface area contributed by atoms with Crippen LogP contribution in [0.5, 0.6) is 5.75 Å². The Balaban J connectivity index is 2.15. The molecule has 0 spiro atoms. The minimum Gasteiger partial charge on any atom is -0.507 e. The molecule has 1 amide bonds. The number of aliphatic carboxylic acids is 1. The second-order valence-corrected chi connectivity index (χ2v) is 5.63. The van der Waals surface area contributed by atoms with Gasteiger partial charge < -0.3 is 15.5 Å². The quantitative estimate of drug-likeness (QED) is 0.761. The van der Waals surface area contributed by atoms with Crippen LogP contribution in [0.25, 0.3) is 0 Å². The number of carboxylic acids is 1. The second kappa shape index (κ2) is 7.09. The minimum absolute atomic E-state index is 0.0219. The van der Waals surface area contributed by atoms with E-state index in [9.17, 15) is 19.8 Å². The van der Waals surface area contributed by atoms with Crippen LogP contribution in [0.4, 0.5) is 0 Å². The first-order chi connectivity index (χ1) is 10.5. The number of hydrogen-bond donors (Lipinski definition) is 3. The van der Waals surface area contributed by atoms with Crippen molar-refractivity contribution in [1.29, 1.82) is 0 Å². The molecule has 2 aromatic carbocycles. The maximum absolute atomic E-state index is 12.2. The predicted molar refractivity (Wildman–Crippen MR) is 84.8 cm³/mol. The molecule has 5 nitrogen and oxygen atoms in total. The lowest BCUT2D eigenvalue weighted by Crippen LogP contribution is -2.42. The number of aromatic hydroxyl groups is 1. The highest BCUT2D eigenvalue weighted by Crippen LogP contribution is 2.21. The van der Waals surface area contributed by atoms with Gasteiger partial charge in [0.25, 0.3) is 5.91 Å². The first-order valence-electron chi connectivity index (χ1n) is 6.53. The van der Waals surface area contributed by atoms with Crippen molar-refractivity contribution < 1.29 is 19.8 Å². The molecule has 0 saturated carbocycles. The van der Waals surface area contributed by atoms with Crippen molar-refractivity contribution in [2.24, 2.45) is 0 Å². The second-order valence-electron chi connectivity index (χ2n) is 4.72. The molecule has 1 atom stereocenters. The molecular weight excluding hydrogens is 350 g/mol. The summed E-state index contributed by atoms with van der Waals surface area (Å²) in [5, 5.41) is 21.4. The van der Waals surface area contributed by atoms with Crippen LogP contribution in [0, 0.1) is 0 Å². The topological polar surface area (TPSA) is 86.6 Å². The highest BCUT2D eigenvalue weighted by atomic mass is 79.9. The van der Waals surface area contributed by atoms with Gasteiger partial charge in [0, 0.05) is 10.9 Å². The molecule has 0 unspecified atom stereocenters. The lowest BCUT2D eigenvalue weighted by Gasteiger charge is -2.15. The maximum atomic E-state index is 12.2. The normalized spacial score (nSPS) is 11.7. The van der Waals surface area contributed by atoms with E-state index in [0.717, 1.165) is 5.56 Å². The average Bonchev–Trinajstić information content (AvgIpc) is 2.50. The number of phenols is 1. The molecule has 0 saturated heterocycles. The van der Waals surface area contributed by atoms with Gasteiger partial charge in [0.2, 0.25) is 0 Å². The Morgan fingerprint density at radius 2 is 1.82 bits per heavy atom. The zero-order valence-corrected chi connectivity index (χ0v) is 13.1. The van der Waals surface area contributed by atoms with Gasteiger partial charge in [-0.2, -0.15) is 0 Å². The van der Waals surface area contributed by atoms with Crippen LogP contribution in [-0.4, -0.2) is 28.1 Å². The number of halogens is 1. The largest absolute Gasteiger partial charge is 0.507 e. The van der Waals surface area contributed by atoms with Crippen LogP contribution < -0.4 is 5.32 Å². The zero-order chi connectivity index (χ0) is 16.1. The molecule has 0 aliphatic heterocycles. The third-order valence-corrected chi connectivity index (χ3v) is 3.58. The van der Waals surface area contributed by atoms with E-state index in [4.69, 9.17) is 0 Å². The monoisotopic (exact) mass is 363 g/mol. The molecule has 6 heteroatoms. The summed E-state index contributed by atoms with van der Waals surface area (Å²) in [5.74, 6) is -1.97. The van der Waals surface area contributed by atoms with E-state index in [1.54, 1.807) is 30.3 Å². The van der Waals surface area contributed by atoms with Gasteiger partial charge in [-0.05, 0) is 23.8 Å². The fourth-order valence-corrected chi connectivity index (χ4v) is 2.34. The number of benzene rings is 2. The Hall–Kier alpha value is -2.34. The number of hydrogen-bond acceptors (Lipinski definition) is 3. The molecule has 0 radical (unpaired) electrons. The van der Waals surface area contributed by atoms with Gasteiger partial charge in [-0.25, -0.2) is 4.79 Å². The number of amides is 1. The number of carbonyl (C=O) groups is 2. The molecule has 0 bridgehead atoms. The fraction of sp³-hybridized carbons (Fsp3) is 0.125. The van der Waals surface area contributed by atoms with Crippen molar-refractivity contribution in [2.75, 3.05) is 0 Å².